The summed E-state index contributed by atoms with van der Waals surface area (Å²) in [6, 6.07) is 9.35. The monoisotopic (exact) mass is 426 g/mol. The highest BCUT2D eigenvalue weighted by Gasteiger charge is 2.33. The Balaban J connectivity index is 0.00000192. The molecule has 1 aromatic carbocycles. The summed E-state index contributed by atoms with van der Waals surface area (Å²) in [5.41, 5.74) is 2.53. The van der Waals surface area contributed by atoms with Crippen LogP contribution in [0.15, 0.2) is 41.4 Å². The number of nitrogens with zero attached hydrogens (tertiary/aromatic N) is 2. The minimum atomic E-state index is 0. The molecule has 0 amide bonds. The molecular formula is C18H27IN4. The summed E-state index contributed by atoms with van der Waals surface area (Å²) < 4.78 is 0. The summed E-state index contributed by atoms with van der Waals surface area (Å²) in [6.07, 6.45) is 5.68. The highest BCUT2D eigenvalue weighted by molar-refractivity contribution is 14.0. The van der Waals surface area contributed by atoms with Crippen molar-refractivity contribution in [3.05, 3.63) is 42.0 Å². The summed E-state index contributed by atoms with van der Waals surface area (Å²) in [7, 11) is 0. The van der Waals surface area contributed by atoms with E-state index in [1.54, 1.807) is 0 Å². The van der Waals surface area contributed by atoms with Crippen molar-refractivity contribution in [3.63, 3.8) is 0 Å². The van der Waals surface area contributed by atoms with Gasteiger partial charge in [0.2, 0.25) is 0 Å². The smallest absolute Gasteiger partial charge is 0.191 e. The van der Waals surface area contributed by atoms with Crippen LogP contribution in [0.25, 0.3) is 0 Å². The van der Waals surface area contributed by atoms with Gasteiger partial charge in [-0.15, -0.1) is 24.0 Å². The van der Waals surface area contributed by atoms with Gasteiger partial charge in [-0.25, -0.2) is 4.99 Å². The van der Waals surface area contributed by atoms with Crippen LogP contribution in [0.3, 0.4) is 0 Å². The van der Waals surface area contributed by atoms with E-state index < -0.39 is 0 Å². The van der Waals surface area contributed by atoms with E-state index in [2.05, 4.69) is 65.8 Å². The van der Waals surface area contributed by atoms with Gasteiger partial charge in [0.05, 0.1) is 6.54 Å². The highest BCUT2D eigenvalue weighted by Crippen LogP contribution is 2.28. The van der Waals surface area contributed by atoms with E-state index in [0.29, 0.717) is 6.04 Å². The third-order valence-corrected chi connectivity index (χ3v) is 4.32. The van der Waals surface area contributed by atoms with E-state index in [0.717, 1.165) is 38.1 Å². The lowest BCUT2D eigenvalue weighted by Gasteiger charge is -2.17. The molecule has 4 nitrogen and oxygen atoms in total. The quantitative estimate of drug-likeness (QED) is 0.329. The van der Waals surface area contributed by atoms with Crippen LogP contribution < -0.4 is 15.5 Å². The maximum atomic E-state index is 4.69. The molecule has 5 heteroatoms. The van der Waals surface area contributed by atoms with Crippen molar-refractivity contribution in [1.82, 2.24) is 10.6 Å². The predicted molar refractivity (Wildman–Crippen MR) is 109 cm³/mol. The van der Waals surface area contributed by atoms with Crippen molar-refractivity contribution in [2.75, 3.05) is 24.5 Å². The fraction of sp³-hybridized carbons (Fsp3) is 0.500. The number of halogens is 1. The molecule has 1 aliphatic heterocycles. The first kappa shape index (κ1) is 18.1. The number of rotatable bonds is 5. The molecule has 2 atom stereocenters. The molecule has 1 heterocycles. The third-order valence-electron chi connectivity index (χ3n) is 4.32. The molecule has 23 heavy (non-hydrogen) atoms. The van der Waals surface area contributed by atoms with Crippen molar-refractivity contribution < 1.29 is 0 Å². The van der Waals surface area contributed by atoms with Gasteiger partial charge in [0.15, 0.2) is 5.96 Å². The Labute approximate surface area is 156 Å². The topological polar surface area (TPSA) is 39.7 Å². The summed E-state index contributed by atoms with van der Waals surface area (Å²) in [5, 5.41) is 6.81. The fourth-order valence-electron chi connectivity index (χ4n) is 2.69. The van der Waals surface area contributed by atoms with Gasteiger partial charge in [-0.05, 0) is 37.0 Å². The third kappa shape index (κ3) is 5.12. The van der Waals surface area contributed by atoms with Crippen molar-refractivity contribution in [1.29, 1.82) is 0 Å². The number of hydrogen-bond acceptors (Lipinski definition) is 2. The molecule has 1 saturated carbocycles. The van der Waals surface area contributed by atoms with E-state index in [1.165, 1.54) is 17.7 Å². The second kappa shape index (κ2) is 8.57. The van der Waals surface area contributed by atoms with E-state index in [9.17, 15) is 0 Å². The van der Waals surface area contributed by atoms with Crippen LogP contribution in [0.5, 0.6) is 0 Å². The lowest BCUT2D eigenvalue weighted by atomic mass is 10.2. The maximum Gasteiger partial charge on any atom is 0.191 e. The molecule has 2 N–H and O–H groups in total. The van der Waals surface area contributed by atoms with Crippen LogP contribution in [0.1, 0.15) is 25.8 Å². The van der Waals surface area contributed by atoms with Gasteiger partial charge in [-0.3, -0.25) is 0 Å². The Hall–Kier alpha value is -1.24. The SMILES string of the molecule is CCNC(=NCc1ccc(N2CC=CC2)cc1)NC1CC1C.I. The first-order valence-corrected chi connectivity index (χ1v) is 8.30. The second-order valence-electron chi connectivity index (χ2n) is 6.20. The van der Waals surface area contributed by atoms with Gasteiger partial charge < -0.3 is 15.5 Å². The van der Waals surface area contributed by atoms with Gasteiger partial charge in [-0.1, -0.05) is 31.2 Å². The molecule has 2 aliphatic rings. The largest absolute Gasteiger partial charge is 0.364 e. The molecular weight excluding hydrogens is 399 g/mol. The molecule has 0 saturated heterocycles. The molecule has 0 aromatic heterocycles. The average Bonchev–Trinajstić information content (AvgIpc) is 3.02. The zero-order valence-corrected chi connectivity index (χ0v) is 16.3. The molecule has 0 radical (unpaired) electrons. The lowest BCUT2D eigenvalue weighted by molar-refractivity contribution is 0.766. The average molecular weight is 426 g/mol. The predicted octanol–water partition coefficient (Wildman–Crippen LogP) is 3.14. The van der Waals surface area contributed by atoms with Crippen LogP contribution in [-0.2, 0) is 6.54 Å². The Morgan fingerprint density at radius 1 is 1.22 bits per heavy atom. The molecule has 1 fully saturated rings. The van der Waals surface area contributed by atoms with Gasteiger partial charge in [0.1, 0.15) is 0 Å². The molecule has 1 aliphatic carbocycles. The van der Waals surface area contributed by atoms with Crippen LogP contribution in [0.4, 0.5) is 5.69 Å². The summed E-state index contributed by atoms with van der Waals surface area (Å²) in [6.45, 7) is 8.03. The molecule has 126 valence electrons. The van der Waals surface area contributed by atoms with Crippen molar-refractivity contribution in [3.8, 4) is 0 Å². The minimum absolute atomic E-state index is 0. The van der Waals surface area contributed by atoms with Crippen molar-refractivity contribution in [2.45, 2.75) is 32.9 Å². The first-order valence-electron chi connectivity index (χ1n) is 8.30. The molecule has 3 rings (SSSR count). The Bertz CT molecular complexity index is 545. The van der Waals surface area contributed by atoms with E-state index >= 15 is 0 Å². The van der Waals surface area contributed by atoms with Crippen molar-refractivity contribution in [2.24, 2.45) is 10.9 Å². The van der Waals surface area contributed by atoms with Crippen LogP contribution in [0, 0.1) is 5.92 Å². The summed E-state index contributed by atoms with van der Waals surface area (Å²) in [4.78, 5) is 7.05. The van der Waals surface area contributed by atoms with Gasteiger partial charge in [0.25, 0.3) is 0 Å². The van der Waals surface area contributed by atoms with Gasteiger partial charge >= 0.3 is 0 Å². The van der Waals surface area contributed by atoms with Crippen molar-refractivity contribution >= 4 is 35.6 Å². The summed E-state index contributed by atoms with van der Waals surface area (Å²) in [5.74, 6) is 1.71. The van der Waals surface area contributed by atoms with Crippen LogP contribution in [0.2, 0.25) is 0 Å². The number of guanidine groups is 1. The standard InChI is InChI=1S/C18H26N4.HI/c1-3-19-18(21-17-12-14(17)2)20-13-15-6-8-16(9-7-15)22-10-4-5-11-22;/h4-9,14,17H,3,10-13H2,1-2H3,(H2,19,20,21);1H. The van der Waals surface area contributed by atoms with Gasteiger partial charge in [0, 0.05) is 31.4 Å². The molecule has 1 aromatic rings. The highest BCUT2D eigenvalue weighted by atomic mass is 127. The molecule has 2 unspecified atom stereocenters. The Kier molecular flexibility index (Phi) is 6.74. The zero-order chi connectivity index (χ0) is 15.4. The van der Waals surface area contributed by atoms with E-state index in [-0.39, 0.29) is 24.0 Å². The second-order valence-corrected chi connectivity index (χ2v) is 6.20. The van der Waals surface area contributed by atoms with E-state index in [1.807, 2.05) is 0 Å². The minimum Gasteiger partial charge on any atom is -0.364 e. The number of nitrogens with one attached hydrogen (secondary N) is 2. The number of benzene rings is 1. The zero-order valence-electron chi connectivity index (χ0n) is 14.0. The fourth-order valence-corrected chi connectivity index (χ4v) is 2.69. The normalized spacial score (nSPS) is 22.7. The molecule has 0 bridgehead atoms. The van der Waals surface area contributed by atoms with E-state index in [4.69, 9.17) is 4.99 Å². The Morgan fingerprint density at radius 3 is 2.43 bits per heavy atom. The lowest BCUT2D eigenvalue weighted by Crippen LogP contribution is -2.39. The number of hydrogen-bond donors (Lipinski definition) is 2. The number of anilines is 1. The van der Waals surface area contributed by atoms with Gasteiger partial charge in [-0.2, -0.15) is 0 Å². The molecule has 0 spiro atoms. The Morgan fingerprint density at radius 2 is 1.87 bits per heavy atom. The van der Waals surface area contributed by atoms with Crippen LogP contribution >= 0.6 is 24.0 Å². The summed E-state index contributed by atoms with van der Waals surface area (Å²) >= 11 is 0. The van der Waals surface area contributed by atoms with Crippen LogP contribution in [-0.4, -0.2) is 31.6 Å². The number of aliphatic imine (C=N–C) groups is 1. The maximum absolute atomic E-state index is 4.69. The first-order chi connectivity index (χ1) is 10.8.